The molecule has 1 atom stereocenters. The fraction of sp³-hybridized carbons (Fsp3) is 0.158. The van der Waals surface area contributed by atoms with Gasteiger partial charge in [-0.25, -0.2) is 28.2 Å². The van der Waals surface area contributed by atoms with Crippen LogP contribution >= 0.6 is 23.2 Å². The summed E-state index contributed by atoms with van der Waals surface area (Å²) in [4.78, 5) is 21.0. The van der Waals surface area contributed by atoms with E-state index < -0.39 is 24.3 Å². The van der Waals surface area contributed by atoms with Crippen LogP contribution in [0.4, 0.5) is 13.2 Å². The summed E-state index contributed by atoms with van der Waals surface area (Å²) < 4.78 is 49.5. The summed E-state index contributed by atoms with van der Waals surface area (Å²) in [5, 5.41) is 4.55. The molecule has 1 unspecified atom stereocenters. The van der Waals surface area contributed by atoms with Gasteiger partial charge in [0.15, 0.2) is 5.82 Å². The third kappa shape index (κ3) is 4.08. The number of nitrogens with zero attached hydrogens (tertiary/aromatic N) is 4. The van der Waals surface area contributed by atoms with E-state index in [-0.39, 0.29) is 27.8 Å². The number of halogens is 5. The molecule has 3 heterocycles. The summed E-state index contributed by atoms with van der Waals surface area (Å²) in [6.07, 6.45) is -4.91. The fourth-order valence-electron chi connectivity index (χ4n) is 2.85. The molecule has 160 valence electrons. The highest BCUT2D eigenvalue weighted by molar-refractivity contribution is 6.32. The second kappa shape index (κ2) is 8.20. The largest absolute Gasteiger partial charge is 0.436 e. The van der Waals surface area contributed by atoms with Crippen LogP contribution in [-0.2, 0) is 0 Å². The van der Waals surface area contributed by atoms with Crippen molar-refractivity contribution in [2.45, 2.75) is 19.7 Å². The smallest absolute Gasteiger partial charge is 0.347 e. The molecule has 7 nitrogen and oxygen atoms in total. The van der Waals surface area contributed by atoms with E-state index in [1.165, 1.54) is 18.3 Å². The first kappa shape index (κ1) is 21.1. The lowest BCUT2D eigenvalue weighted by atomic mass is 10.1. The average molecular weight is 471 g/mol. The Kier molecular flexibility index (Phi) is 5.59. The predicted octanol–water partition coefficient (Wildman–Crippen LogP) is 4.99. The molecular formula is C19H11Cl2F3N4O3. The van der Waals surface area contributed by atoms with E-state index in [1.807, 2.05) is 0 Å². The number of alkyl halides is 3. The molecule has 0 aliphatic heterocycles. The zero-order chi connectivity index (χ0) is 22.3. The first-order chi connectivity index (χ1) is 14.7. The van der Waals surface area contributed by atoms with Gasteiger partial charge in [0.2, 0.25) is 11.8 Å². The monoisotopic (exact) mass is 470 g/mol. The molecule has 0 saturated carbocycles. The summed E-state index contributed by atoms with van der Waals surface area (Å²) in [5.41, 5.74) is 0.125. The van der Waals surface area contributed by atoms with E-state index in [9.17, 15) is 18.0 Å². The number of pyridine rings is 1. The average Bonchev–Trinajstić information content (AvgIpc) is 3.12. The lowest BCUT2D eigenvalue weighted by Gasteiger charge is -2.08. The van der Waals surface area contributed by atoms with Gasteiger partial charge >= 0.3 is 12.1 Å². The van der Waals surface area contributed by atoms with Crippen molar-refractivity contribution in [3.05, 3.63) is 62.6 Å². The Morgan fingerprint density at radius 1 is 1.19 bits per heavy atom. The minimum atomic E-state index is -3.39. The van der Waals surface area contributed by atoms with E-state index in [0.717, 1.165) is 10.7 Å². The van der Waals surface area contributed by atoms with Crippen molar-refractivity contribution in [1.82, 2.24) is 19.7 Å². The summed E-state index contributed by atoms with van der Waals surface area (Å²) in [6, 6.07) is 7.16. The molecule has 4 aromatic rings. The highest BCUT2D eigenvalue weighted by Crippen LogP contribution is 2.30. The molecule has 31 heavy (non-hydrogen) atoms. The van der Waals surface area contributed by atoms with Crippen LogP contribution in [0.2, 0.25) is 10.0 Å². The van der Waals surface area contributed by atoms with Gasteiger partial charge in [-0.1, -0.05) is 23.2 Å². The number of fused-ring (bicyclic) bond motifs is 1. The Morgan fingerprint density at radius 2 is 1.97 bits per heavy atom. The molecule has 12 heteroatoms. The molecule has 0 amide bonds. The van der Waals surface area contributed by atoms with Crippen LogP contribution in [0, 0.1) is 6.92 Å². The molecule has 0 fully saturated rings. The molecule has 0 aliphatic rings. The van der Waals surface area contributed by atoms with Crippen molar-refractivity contribution in [1.29, 1.82) is 0 Å². The Morgan fingerprint density at radius 3 is 2.68 bits per heavy atom. The molecule has 0 aliphatic carbocycles. The van der Waals surface area contributed by atoms with Crippen molar-refractivity contribution >= 4 is 34.1 Å². The van der Waals surface area contributed by atoms with Crippen LogP contribution < -0.4 is 10.4 Å². The Bertz CT molecular complexity index is 1340. The fourth-order valence-corrected chi connectivity index (χ4v) is 3.32. The minimum absolute atomic E-state index is 0.0228. The van der Waals surface area contributed by atoms with Gasteiger partial charge in [-0.05, 0) is 36.8 Å². The summed E-state index contributed by atoms with van der Waals surface area (Å²) in [7, 11) is 0. The van der Waals surface area contributed by atoms with Gasteiger partial charge in [-0.3, -0.25) is 0 Å². The number of ether oxygens (including phenoxy) is 1. The number of hydrogen-bond donors (Lipinski definition) is 0. The minimum Gasteiger partial charge on any atom is -0.436 e. The molecule has 0 saturated heterocycles. The second-order valence-corrected chi connectivity index (χ2v) is 7.16. The third-order valence-corrected chi connectivity index (χ3v) is 4.68. The number of aromatic nitrogens is 4. The van der Waals surface area contributed by atoms with Gasteiger partial charge in [0.1, 0.15) is 5.69 Å². The third-order valence-electron chi connectivity index (χ3n) is 4.17. The molecule has 3 aromatic heterocycles. The molecule has 0 bridgehead atoms. The van der Waals surface area contributed by atoms with Crippen LogP contribution in [0.25, 0.3) is 28.3 Å². The van der Waals surface area contributed by atoms with Gasteiger partial charge < -0.3 is 9.15 Å². The van der Waals surface area contributed by atoms with E-state index >= 15 is 0 Å². The van der Waals surface area contributed by atoms with Crippen molar-refractivity contribution in [2.75, 3.05) is 0 Å². The van der Waals surface area contributed by atoms with Crippen LogP contribution in [0.5, 0.6) is 5.88 Å². The molecular weight excluding hydrogens is 460 g/mol. The highest BCUT2D eigenvalue weighted by atomic mass is 35.5. The van der Waals surface area contributed by atoms with Gasteiger partial charge in [0.05, 0.1) is 15.9 Å². The van der Waals surface area contributed by atoms with Crippen molar-refractivity contribution in [2.24, 2.45) is 0 Å². The molecule has 0 radical (unpaired) electrons. The molecule has 4 rings (SSSR count). The predicted molar refractivity (Wildman–Crippen MR) is 107 cm³/mol. The Labute approximate surface area is 182 Å². The quantitative estimate of drug-likeness (QED) is 0.408. The zero-order valence-electron chi connectivity index (χ0n) is 15.5. The number of aryl methyl sites for hydroxylation is 1. The van der Waals surface area contributed by atoms with E-state index in [2.05, 4.69) is 19.8 Å². The van der Waals surface area contributed by atoms with Gasteiger partial charge in [-0.2, -0.15) is 4.39 Å². The molecule has 0 N–H and O–H groups in total. The lowest BCUT2D eigenvalue weighted by Crippen LogP contribution is -2.19. The maximum atomic E-state index is 13.4. The number of hydrogen-bond acceptors (Lipinski definition) is 6. The molecule has 1 aromatic carbocycles. The van der Waals surface area contributed by atoms with Crippen LogP contribution in [0.1, 0.15) is 5.56 Å². The maximum absolute atomic E-state index is 13.4. The van der Waals surface area contributed by atoms with Gasteiger partial charge in [-0.15, -0.1) is 5.10 Å². The summed E-state index contributed by atoms with van der Waals surface area (Å²) >= 11 is 12.2. The van der Waals surface area contributed by atoms with Gasteiger partial charge in [0, 0.05) is 17.3 Å². The summed E-state index contributed by atoms with van der Waals surface area (Å²) in [5.74, 6) is -0.694. The second-order valence-electron chi connectivity index (χ2n) is 6.32. The number of benzene rings is 1. The topological polar surface area (TPSA) is 83.0 Å². The standard InChI is InChI=1S/C19H11Cl2F3N4O3/c1-8-5-9(20)6-10-14(8)26-18(31-19(10)29)12-7-13(30-16(24)15(22)23)27-28(12)17-11(21)3-2-4-25-17/h2-7,15-16H,1H3. The van der Waals surface area contributed by atoms with Crippen LogP contribution in [0.15, 0.2) is 45.7 Å². The Hall–Kier alpha value is -3.11. The van der Waals surface area contributed by atoms with Crippen molar-refractivity contribution in [3.8, 4) is 23.3 Å². The van der Waals surface area contributed by atoms with E-state index in [1.54, 1.807) is 19.1 Å². The molecule has 0 spiro atoms. The van der Waals surface area contributed by atoms with Crippen LogP contribution in [-0.4, -0.2) is 32.5 Å². The zero-order valence-corrected chi connectivity index (χ0v) is 17.0. The van der Waals surface area contributed by atoms with Crippen molar-refractivity contribution < 1.29 is 22.3 Å². The van der Waals surface area contributed by atoms with Crippen LogP contribution in [0.3, 0.4) is 0 Å². The maximum Gasteiger partial charge on any atom is 0.347 e. The summed E-state index contributed by atoms with van der Waals surface area (Å²) in [6.45, 7) is 1.70. The first-order valence-corrected chi connectivity index (χ1v) is 9.41. The SMILES string of the molecule is Cc1cc(Cl)cc2c(=O)oc(-c3cc(OC(F)C(F)F)nn3-c3ncccc3Cl)nc12. The highest BCUT2D eigenvalue weighted by Gasteiger charge is 2.25. The normalized spacial score (nSPS) is 12.5. The van der Waals surface area contributed by atoms with E-state index in [0.29, 0.717) is 16.1 Å². The Balaban J connectivity index is 1.94. The lowest BCUT2D eigenvalue weighted by molar-refractivity contribution is -0.0691. The first-order valence-electron chi connectivity index (χ1n) is 8.66. The van der Waals surface area contributed by atoms with E-state index in [4.69, 9.17) is 27.6 Å². The van der Waals surface area contributed by atoms with Gasteiger partial charge in [0.25, 0.3) is 6.36 Å². The van der Waals surface area contributed by atoms with Crippen molar-refractivity contribution in [3.63, 3.8) is 0 Å². The number of rotatable bonds is 5.